The van der Waals surface area contributed by atoms with Crippen LogP contribution in [0.15, 0.2) is 27.8 Å². The number of halogens is 1. The third kappa shape index (κ3) is 3.46. The van der Waals surface area contributed by atoms with Crippen LogP contribution < -0.4 is 4.72 Å². The third-order valence-corrected chi connectivity index (χ3v) is 5.08. The third-order valence-electron chi connectivity index (χ3n) is 2.73. The van der Waals surface area contributed by atoms with E-state index in [0.29, 0.717) is 15.9 Å². The molecule has 2 aromatic rings. The van der Waals surface area contributed by atoms with Gasteiger partial charge < -0.3 is 5.11 Å². The molecule has 3 N–H and O–H groups in total. The second kappa shape index (κ2) is 5.92. The van der Waals surface area contributed by atoms with Crippen LogP contribution in [-0.2, 0) is 16.6 Å². The highest BCUT2D eigenvalue weighted by Gasteiger charge is 2.21. The van der Waals surface area contributed by atoms with Crippen molar-refractivity contribution in [1.29, 1.82) is 0 Å². The number of hydrogen-bond donors (Lipinski definition) is 3. The predicted octanol–water partition coefficient (Wildman–Crippen LogP) is 1.05. The van der Waals surface area contributed by atoms with Gasteiger partial charge in [-0.2, -0.15) is 5.10 Å². The van der Waals surface area contributed by atoms with Crippen LogP contribution in [-0.4, -0.2) is 34.7 Å². The van der Waals surface area contributed by atoms with Crippen LogP contribution in [0.4, 0.5) is 0 Å². The van der Waals surface area contributed by atoms with Crippen molar-refractivity contribution < 1.29 is 18.3 Å². The molecule has 0 spiro atoms. The second-order valence-electron chi connectivity index (χ2n) is 4.14. The topological polar surface area (TPSA) is 125 Å². The molecule has 1 heterocycles. The monoisotopic (exact) mass is 374 g/mol. The SMILES string of the molecule is Cc1c(Br)cc(C(=O)O)cc1S(=O)(=O)NCc1ncn[nH]1. The van der Waals surface area contributed by atoms with E-state index in [4.69, 9.17) is 5.11 Å². The Bertz CT molecular complexity index is 774. The average Bonchev–Trinajstić information content (AvgIpc) is 2.92. The molecule has 0 unspecified atom stereocenters. The van der Waals surface area contributed by atoms with E-state index in [1.165, 1.54) is 12.4 Å². The van der Waals surface area contributed by atoms with Crippen molar-refractivity contribution in [2.75, 3.05) is 0 Å². The van der Waals surface area contributed by atoms with E-state index in [9.17, 15) is 13.2 Å². The van der Waals surface area contributed by atoms with Crippen molar-refractivity contribution in [3.05, 3.63) is 39.9 Å². The van der Waals surface area contributed by atoms with Gasteiger partial charge in [0.25, 0.3) is 0 Å². The lowest BCUT2D eigenvalue weighted by Crippen LogP contribution is -2.25. The number of sulfonamides is 1. The fourth-order valence-electron chi connectivity index (χ4n) is 1.61. The first-order valence-electron chi connectivity index (χ1n) is 5.68. The van der Waals surface area contributed by atoms with E-state index in [0.717, 1.165) is 6.07 Å². The summed E-state index contributed by atoms with van der Waals surface area (Å²) in [6.45, 7) is 1.51. The number of nitrogens with one attached hydrogen (secondary N) is 2. The van der Waals surface area contributed by atoms with Crippen molar-refractivity contribution in [2.24, 2.45) is 0 Å². The van der Waals surface area contributed by atoms with Crippen molar-refractivity contribution in [1.82, 2.24) is 19.9 Å². The molecule has 0 bridgehead atoms. The number of aromatic amines is 1. The quantitative estimate of drug-likeness (QED) is 0.718. The molecule has 1 aromatic heterocycles. The lowest BCUT2D eigenvalue weighted by molar-refractivity contribution is 0.0696. The number of hydrogen-bond acceptors (Lipinski definition) is 5. The molecule has 0 saturated carbocycles. The first kappa shape index (κ1) is 15.6. The maximum Gasteiger partial charge on any atom is 0.335 e. The number of aromatic nitrogens is 3. The Morgan fingerprint density at radius 1 is 1.48 bits per heavy atom. The van der Waals surface area contributed by atoms with Gasteiger partial charge in [0, 0.05) is 4.47 Å². The summed E-state index contributed by atoms with van der Waals surface area (Å²) >= 11 is 3.16. The number of carboxylic acid groups (broad SMARTS) is 1. The normalized spacial score (nSPS) is 11.5. The summed E-state index contributed by atoms with van der Waals surface area (Å²) in [6, 6.07) is 2.47. The molecule has 21 heavy (non-hydrogen) atoms. The van der Waals surface area contributed by atoms with Gasteiger partial charge in [-0.15, -0.1) is 0 Å². The van der Waals surface area contributed by atoms with Crippen molar-refractivity contribution >= 4 is 31.9 Å². The smallest absolute Gasteiger partial charge is 0.335 e. The van der Waals surface area contributed by atoms with Gasteiger partial charge in [-0.25, -0.2) is 22.9 Å². The van der Waals surface area contributed by atoms with Crippen LogP contribution in [0.2, 0.25) is 0 Å². The van der Waals surface area contributed by atoms with E-state index < -0.39 is 16.0 Å². The minimum absolute atomic E-state index is 0.0727. The Hall–Kier alpha value is -1.78. The van der Waals surface area contributed by atoms with Gasteiger partial charge in [-0.05, 0) is 24.6 Å². The summed E-state index contributed by atoms with van der Waals surface area (Å²) in [5.41, 5.74) is 0.303. The maximum absolute atomic E-state index is 12.3. The van der Waals surface area contributed by atoms with E-state index in [2.05, 4.69) is 35.8 Å². The van der Waals surface area contributed by atoms with Gasteiger partial charge in [-0.3, -0.25) is 5.10 Å². The Balaban J connectivity index is 2.37. The number of benzene rings is 1. The molecule has 112 valence electrons. The Morgan fingerprint density at radius 2 is 2.19 bits per heavy atom. The number of aromatic carboxylic acids is 1. The molecule has 0 amide bonds. The summed E-state index contributed by atoms with van der Waals surface area (Å²) in [7, 11) is -3.88. The maximum atomic E-state index is 12.3. The van der Waals surface area contributed by atoms with Gasteiger partial charge in [-0.1, -0.05) is 15.9 Å². The summed E-state index contributed by atoms with van der Waals surface area (Å²) in [4.78, 5) is 14.7. The number of carbonyl (C=O) groups is 1. The van der Waals surface area contributed by atoms with Crippen molar-refractivity contribution in [3.63, 3.8) is 0 Å². The molecule has 0 aliphatic carbocycles. The highest BCUT2D eigenvalue weighted by molar-refractivity contribution is 9.10. The van der Waals surface area contributed by atoms with Crippen LogP contribution in [0, 0.1) is 6.92 Å². The molecule has 10 heteroatoms. The van der Waals surface area contributed by atoms with Crippen molar-refractivity contribution in [2.45, 2.75) is 18.4 Å². The van der Waals surface area contributed by atoms with Crippen molar-refractivity contribution in [3.8, 4) is 0 Å². The largest absolute Gasteiger partial charge is 0.478 e. The van der Waals surface area contributed by atoms with Crippen LogP contribution >= 0.6 is 15.9 Å². The predicted molar refractivity (Wildman–Crippen MR) is 76.2 cm³/mol. The lowest BCUT2D eigenvalue weighted by atomic mass is 10.1. The standard InChI is InChI=1S/C11H11BrN4O4S/c1-6-8(12)2-7(11(17)18)3-9(6)21(19,20)15-4-10-13-5-14-16-10/h2-3,5,15H,4H2,1H3,(H,17,18)(H,13,14,16). The summed E-state index contributed by atoms with van der Waals surface area (Å²) in [5, 5.41) is 15.1. The Kier molecular flexibility index (Phi) is 4.40. The molecular formula is C11H11BrN4O4S. The first-order valence-corrected chi connectivity index (χ1v) is 7.96. The molecular weight excluding hydrogens is 364 g/mol. The van der Waals surface area contributed by atoms with Gasteiger partial charge in [0.1, 0.15) is 12.2 Å². The number of carboxylic acids is 1. The number of nitrogens with zero attached hydrogens (tertiary/aromatic N) is 2. The Labute approximate surface area is 128 Å². The molecule has 0 saturated heterocycles. The fourth-order valence-corrected chi connectivity index (χ4v) is 3.48. The molecule has 0 aliphatic heterocycles. The zero-order valence-corrected chi connectivity index (χ0v) is 13.2. The van der Waals surface area contributed by atoms with Gasteiger partial charge in [0.2, 0.25) is 10.0 Å². The van der Waals surface area contributed by atoms with Gasteiger partial charge in [0.15, 0.2) is 0 Å². The van der Waals surface area contributed by atoms with Gasteiger partial charge in [0.05, 0.1) is 17.0 Å². The van der Waals surface area contributed by atoms with Crippen LogP contribution in [0.5, 0.6) is 0 Å². The molecule has 0 aliphatic rings. The zero-order valence-electron chi connectivity index (χ0n) is 10.8. The highest BCUT2D eigenvalue weighted by atomic mass is 79.9. The zero-order chi connectivity index (χ0) is 15.6. The number of H-pyrrole nitrogens is 1. The fraction of sp³-hybridized carbons (Fsp3) is 0.182. The van der Waals surface area contributed by atoms with E-state index in [1.54, 1.807) is 6.92 Å². The van der Waals surface area contributed by atoms with E-state index in [-0.39, 0.29) is 17.0 Å². The summed E-state index contributed by atoms with van der Waals surface area (Å²) < 4.78 is 27.3. The van der Waals surface area contributed by atoms with Crippen LogP contribution in [0.1, 0.15) is 21.7 Å². The highest BCUT2D eigenvalue weighted by Crippen LogP contribution is 2.25. The molecule has 0 fully saturated rings. The Morgan fingerprint density at radius 3 is 2.76 bits per heavy atom. The average molecular weight is 375 g/mol. The minimum atomic E-state index is -3.88. The molecule has 1 aromatic carbocycles. The van der Waals surface area contributed by atoms with Crippen LogP contribution in [0.3, 0.4) is 0 Å². The van der Waals surface area contributed by atoms with E-state index >= 15 is 0 Å². The lowest BCUT2D eigenvalue weighted by Gasteiger charge is -2.11. The molecule has 0 radical (unpaired) electrons. The molecule has 8 nitrogen and oxygen atoms in total. The first-order chi connectivity index (χ1) is 9.81. The van der Waals surface area contributed by atoms with E-state index in [1.807, 2.05) is 0 Å². The van der Waals surface area contributed by atoms with Crippen LogP contribution in [0.25, 0.3) is 0 Å². The second-order valence-corrected chi connectivity index (χ2v) is 6.73. The molecule has 0 atom stereocenters. The van der Waals surface area contributed by atoms with Gasteiger partial charge >= 0.3 is 5.97 Å². The summed E-state index contributed by atoms with van der Waals surface area (Å²) in [5.74, 6) is -0.855. The minimum Gasteiger partial charge on any atom is -0.478 e. The summed E-state index contributed by atoms with van der Waals surface area (Å²) in [6.07, 6.45) is 1.26. The molecule has 2 rings (SSSR count). The number of rotatable bonds is 5.